The third-order valence-corrected chi connectivity index (χ3v) is 2.23. The molecule has 10 heteroatoms. The minimum absolute atomic E-state index is 0.489. The molecule has 0 spiro atoms. The molecule has 0 atom stereocenters. The average Bonchev–Trinajstić information content (AvgIpc) is 2.89. The van der Waals surface area contributed by atoms with Crippen molar-refractivity contribution in [1.82, 2.24) is 10.2 Å². The summed E-state index contributed by atoms with van der Waals surface area (Å²) in [7, 11) is 0. The van der Waals surface area contributed by atoms with Gasteiger partial charge in [-0.3, -0.25) is 0 Å². The van der Waals surface area contributed by atoms with E-state index in [4.69, 9.17) is 5.11 Å². The van der Waals surface area contributed by atoms with Crippen LogP contribution in [0.4, 0.5) is 22.0 Å². The summed E-state index contributed by atoms with van der Waals surface area (Å²) >= 11 is 0. The van der Waals surface area contributed by atoms with Crippen molar-refractivity contribution in [2.24, 2.45) is 0 Å². The largest absolute Gasteiger partial charge is 0.478 e. The van der Waals surface area contributed by atoms with Crippen LogP contribution < -0.4 is 0 Å². The monoisotopic (exact) mass is 306 g/mol. The Bertz CT molecular complexity index is 728. The highest BCUT2D eigenvalue weighted by Crippen LogP contribution is 2.30. The normalized spacial score (nSPS) is 11.3. The van der Waals surface area contributed by atoms with Crippen molar-refractivity contribution in [2.75, 3.05) is 0 Å². The predicted octanol–water partition coefficient (Wildman–Crippen LogP) is 2.53. The van der Waals surface area contributed by atoms with Gasteiger partial charge in [-0.2, -0.15) is 0 Å². The molecular formula is C11H3F5N2O3. The third kappa shape index (κ3) is 2.59. The lowest BCUT2D eigenvalue weighted by Gasteiger charge is -2.03. The van der Waals surface area contributed by atoms with E-state index < -0.39 is 52.4 Å². The quantitative estimate of drug-likeness (QED) is 0.408. The lowest BCUT2D eigenvalue weighted by molar-refractivity contribution is -0.131. The Balaban J connectivity index is 2.56. The topological polar surface area (TPSA) is 76.2 Å². The molecule has 1 aromatic carbocycles. The van der Waals surface area contributed by atoms with Crippen LogP contribution in [0.5, 0.6) is 0 Å². The number of carbonyl (C=O) groups is 1. The highest BCUT2D eigenvalue weighted by molar-refractivity contribution is 5.84. The number of aromatic nitrogens is 2. The predicted molar refractivity (Wildman–Crippen MR) is 56.2 cm³/mol. The fraction of sp³-hybridized carbons (Fsp3) is 0. The summed E-state index contributed by atoms with van der Waals surface area (Å²) in [5.74, 6) is -13.8. The van der Waals surface area contributed by atoms with Crippen LogP contribution in [0.1, 0.15) is 5.89 Å². The van der Waals surface area contributed by atoms with E-state index in [0.29, 0.717) is 6.08 Å². The SMILES string of the molecule is O=C(O)/C=C/c1nnc(-c2c(F)c(F)c(F)c(F)c2F)o1. The van der Waals surface area contributed by atoms with Crippen LogP contribution in [0.3, 0.4) is 0 Å². The minimum atomic E-state index is -2.32. The van der Waals surface area contributed by atoms with Crippen LogP contribution in [0.15, 0.2) is 10.5 Å². The number of benzene rings is 1. The smallest absolute Gasteiger partial charge is 0.328 e. The van der Waals surface area contributed by atoms with Gasteiger partial charge in [-0.05, 0) is 0 Å². The van der Waals surface area contributed by atoms with Gasteiger partial charge in [0.1, 0.15) is 5.56 Å². The molecule has 0 saturated carbocycles. The molecule has 1 N–H and O–H groups in total. The number of rotatable bonds is 3. The number of hydrogen-bond donors (Lipinski definition) is 1. The molecule has 0 aliphatic carbocycles. The van der Waals surface area contributed by atoms with Crippen LogP contribution >= 0.6 is 0 Å². The second-order valence-corrected chi connectivity index (χ2v) is 3.56. The van der Waals surface area contributed by atoms with Gasteiger partial charge in [0, 0.05) is 12.2 Å². The van der Waals surface area contributed by atoms with E-state index in [1.54, 1.807) is 0 Å². The first-order valence-corrected chi connectivity index (χ1v) is 5.09. The zero-order valence-electron chi connectivity index (χ0n) is 9.70. The maximum atomic E-state index is 13.5. The first-order chi connectivity index (χ1) is 9.82. The Morgan fingerprint density at radius 2 is 1.48 bits per heavy atom. The Labute approximate surface area is 112 Å². The zero-order valence-corrected chi connectivity index (χ0v) is 9.70. The molecule has 2 rings (SSSR count). The molecule has 1 aromatic heterocycles. The molecule has 0 amide bonds. The number of hydrogen-bond acceptors (Lipinski definition) is 4. The van der Waals surface area contributed by atoms with E-state index in [1.807, 2.05) is 0 Å². The molecule has 5 nitrogen and oxygen atoms in total. The summed E-state index contributed by atoms with van der Waals surface area (Å²) in [5.41, 5.74) is -1.39. The Hall–Kier alpha value is -2.78. The summed E-state index contributed by atoms with van der Waals surface area (Å²) < 4.78 is 70.4. The summed E-state index contributed by atoms with van der Waals surface area (Å²) in [6.45, 7) is 0. The molecular weight excluding hydrogens is 303 g/mol. The van der Waals surface area contributed by atoms with Gasteiger partial charge in [-0.1, -0.05) is 0 Å². The van der Waals surface area contributed by atoms with Crippen molar-refractivity contribution < 1.29 is 36.3 Å². The number of carboxylic acid groups (broad SMARTS) is 1. The fourth-order valence-electron chi connectivity index (χ4n) is 1.34. The van der Waals surface area contributed by atoms with Crippen LogP contribution in [0.25, 0.3) is 17.5 Å². The van der Waals surface area contributed by atoms with Crippen LogP contribution in [-0.2, 0) is 4.79 Å². The molecule has 1 heterocycles. The maximum Gasteiger partial charge on any atom is 0.328 e. The van der Waals surface area contributed by atoms with E-state index in [-0.39, 0.29) is 0 Å². The highest BCUT2D eigenvalue weighted by atomic mass is 19.2. The molecule has 21 heavy (non-hydrogen) atoms. The first-order valence-electron chi connectivity index (χ1n) is 5.09. The number of halogens is 5. The van der Waals surface area contributed by atoms with Crippen molar-refractivity contribution in [3.63, 3.8) is 0 Å². The van der Waals surface area contributed by atoms with Crippen molar-refractivity contribution in [3.05, 3.63) is 41.1 Å². The van der Waals surface area contributed by atoms with Crippen LogP contribution in [0.2, 0.25) is 0 Å². The second-order valence-electron chi connectivity index (χ2n) is 3.56. The van der Waals surface area contributed by atoms with Gasteiger partial charge in [-0.25, -0.2) is 26.7 Å². The fourth-order valence-corrected chi connectivity index (χ4v) is 1.34. The van der Waals surface area contributed by atoms with E-state index in [0.717, 1.165) is 6.08 Å². The summed E-state index contributed by atoms with van der Waals surface area (Å²) in [4.78, 5) is 10.2. The summed E-state index contributed by atoms with van der Waals surface area (Å²) in [5, 5.41) is 14.6. The molecule has 0 aliphatic rings. The van der Waals surface area contributed by atoms with Gasteiger partial charge < -0.3 is 9.52 Å². The molecule has 0 aliphatic heterocycles. The first kappa shape index (κ1) is 14.6. The van der Waals surface area contributed by atoms with E-state index >= 15 is 0 Å². The number of carboxylic acids is 1. The van der Waals surface area contributed by atoms with Gasteiger partial charge in [0.25, 0.3) is 5.89 Å². The molecule has 0 fully saturated rings. The Morgan fingerprint density at radius 3 is 2.00 bits per heavy atom. The Kier molecular flexibility index (Phi) is 3.70. The summed E-state index contributed by atoms with van der Waals surface area (Å²) in [6.07, 6.45) is 1.36. The molecule has 0 bridgehead atoms. The minimum Gasteiger partial charge on any atom is -0.478 e. The Morgan fingerprint density at radius 1 is 0.952 bits per heavy atom. The van der Waals surface area contributed by atoms with Crippen molar-refractivity contribution in [3.8, 4) is 11.5 Å². The van der Waals surface area contributed by atoms with Crippen molar-refractivity contribution >= 4 is 12.0 Å². The molecule has 110 valence electrons. The van der Waals surface area contributed by atoms with Gasteiger partial charge in [0.2, 0.25) is 11.7 Å². The standard InChI is InChI=1S/C11H3F5N2O3/c12-6-5(7(13)9(15)10(16)8(6)14)11-18-17-3(21-11)1-2-4(19)20/h1-2H,(H,19,20)/b2-1+. The molecule has 2 aromatic rings. The average molecular weight is 306 g/mol. The molecule has 0 unspecified atom stereocenters. The molecule has 0 saturated heterocycles. The second kappa shape index (κ2) is 5.31. The summed E-state index contributed by atoms with van der Waals surface area (Å²) in [6, 6.07) is 0. The van der Waals surface area contributed by atoms with E-state index in [9.17, 15) is 26.7 Å². The van der Waals surface area contributed by atoms with Gasteiger partial charge in [0.05, 0.1) is 0 Å². The van der Waals surface area contributed by atoms with E-state index in [2.05, 4.69) is 14.6 Å². The van der Waals surface area contributed by atoms with Crippen LogP contribution in [0, 0.1) is 29.1 Å². The maximum absolute atomic E-state index is 13.5. The van der Waals surface area contributed by atoms with Gasteiger partial charge in [-0.15, -0.1) is 10.2 Å². The molecule has 0 radical (unpaired) electrons. The lowest BCUT2D eigenvalue weighted by Crippen LogP contribution is -2.04. The van der Waals surface area contributed by atoms with E-state index in [1.165, 1.54) is 0 Å². The zero-order chi connectivity index (χ0) is 15.7. The number of aliphatic carboxylic acids is 1. The lowest BCUT2D eigenvalue weighted by atomic mass is 10.1. The van der Waals surface area contributed by atoms with Gasteiger partial charge in [0.15, 0.2) is 23.3 Å². The highest BCUT2D eigenvalue weighted by Gasteiger charge is 2.29. The van der Waals surface area contributed by atoms with Crippen molar-refractivity contribution in [2.45, 2.75) is 0 Å². The van der Waals surface area contributed by atoms with Gasteiger partial charge >= 0.3 is 5.97 Å². The van der Waals surface area contributed by atoms with Crippen molar-refractivity contribution in [1.29, 1.82) is 0 Å². The third-order valence-electron chi connectivity index (χ3n) is 2.23. The number of nitrogens with zero attached hydrogens (tertiary/aromatic N) is 2. The van der Waals surface area contributed by atoms with Crippen LogP contribution in [-0.4, -0.2) is 21.3 Å².